The first-order valence-corrected chi connectivity index (χ1v) is 8.50. The number of aromatic nitrogens is 3. The van der Waals surface area contributed by atoms with Gasteiger partial charge in [-0.2, -0.15) is 0 Å². The zero-order valence-electron chi connectivity index (χ0n) is 14.1. The number of likely N-dealkylation sites (tertiary alicyclic amines) is 1. The quantitative estimate of drug-likeness (QED) is 0.731. The molecule has 7 heteroatoms. The molecule has 1 atom stereocenters. The molecule has 3 aromatic rings. The summed E-state index contributed by atoms with van der Waals surface area (Å²) < 4.78 is 5.33. The fraction of sp³-hybridized carbons (Fsp3) is 0.263. The number of amides is 1. The average molecular weight is 350 g/mol. The Balaban J connectivity index is 1.36. The molecule has 132 valence electrons. The average Bonchev–Trinajstić information content (AvgIpc) is 3.35. The summed E-state index contributed by atoms with van der Waals surface area (Å²) in [5, 5.41) is 0.860. The van der Waals surface area contributed by atoms with Crippen LogP contribution in [0.5, 0.6) is 0 Å². The second-order valence-electron chi connectivity index (χ2n) is 6.31. The molecule has 1 saturated heterocycles. The Hall–Kier alpha value is -3.22. The predicted molar refractivity (Wildman–Crippen MR) is 94.5 cm³/mol. The van der Waals surface area contributed by atoms with E-state index in [1.807, 2.05) is 36.4 Å². The highest BCUT2D eigenvalue weighted by Gasteiger charge is 2.33. The normalized spacial score (nSPS) is 16.8. The second-order valence-corrected chi connectivity index (χ2v) is 6.31. The highest BCUT2D eigenvalue weighted by Crippen LogP contribution is 2.21. The number of hydrogen-bond donors (Lipinski definition) is 1. The van der Waals surface area contributed by atoms with Gasteiger partial charge in [-0.25, -0.2) is 14.8 Å². The summed E-state index contributed by atoms with van der Waals surface area (Å²) in [6.45, 7) is 1.05. The number of ether oxygens (including phenoxy) is 1. The minimum Gasteiger partial charge on any atom is -0.445 e. The molecule has 1 aliphatic heterocycles. The molecule has 0 bridgehead atoms. The first-order chi connectivity index (χ1) is 12.7. The molecule has 3 heterocycles. The molecule has 1 aliphatic rings. The molecule has 0 spiro atoms. The zero-order chi connectivity index (χ0) is 17.9. The summed E-state index contributed by atoms with van der Waals surface area (Å²) in [7, 11) is 0. The van der Waals surface area contributed by atoms with E-state index in [0.29, 0.717) is 25.2 Å². The monoisotopic (exact) mass is 350 g/mol. The lowest BCUT2D eigenvalue weighted by molar-refractivity contribution is 0.0892. The standard InChI is InChI=1S/C19H18N4O3/c24-16(18-21-10-14-6-8-20-17(14)22-18)15-7-9-23(11-15)19(25)26-12-13-4-2-1-3-5-13/h1-6,8,10,15H,7,9,11-12H2,(H,20,21,22). The van der Waals surface area contributed by atoms with E-state index < -0.39 is 6.09 Å². The van der Waals surface area contributed by atoms with Gasteiger partial charge in [-0.1, -0.05) is 30.3 Å². The molecular formula is C19H18N4O3. The van der Waals surface area contributed by atoms with Crippen LogP contribution in [0.3, 0.4) is 0 Å². The first-order valence-electron chi connectivity index (χ1n) is 8.50. The predicted octanol–water partition coefficient (Wildman–Crippen LogP) is 2.80. The maximum Gasteiger partial charge on any atom is 0.410 e. The third-order valence-electron chi connectivity index (χ3n) is 4.54. The number of nitrogens with one attached hydrogen (secondary N) is 1. The van der Waals surface area contributed by atoms with E-state index >= 15 is 0 Å². The SMILES string of the molecule is O=C(c1ncc2cc[nH]c2n1)C1CCN(C(=O)OCc2ccccc2)C1. The fourth-order valence-electron chi connectivity index (χ4n) is 3.09. The molecule has 1 N–H and O–H groups in total. The van der Waals surface area contributed by atoms with Crippen molar-refractivity contribution in [1.82, 2.24) is 19.9 Å². The van der Waals surface area contributed by atoms with Crippen molar-refractivity contribution in [2.24, 2.45) is 5.92 Å². The van der Waals surface area contributed by atoms with Crippen LogP contribution in [-0.4, -0.2) is 44.8 Å². The van der Waals surface area contributed by atoms with Crippen LogP contribution in [0.25, 0.3) is 11.0 Å². The third-order valence-corrected chi connectivity index (χ3v) is 4.54. The van der Waals surface area contributed by atoms with Crippen molar-refractivity contribution in [3.8, 4) is 0 Å². The molecule has 2 aromatic heterocycles. The number of carbonyl (C=O) groups excluding carboxylic acids is 2. The maximum absolute atomic E-state index is 12.6. The van der Waals surface area contributed by atoms with Crippen LogP contribution in [0, 0.1) is 5.92 Å². The number of nitrogens with zero attached hydrogens (tertiary/aromatic N) is 3. The number of hydrogen-bond acceptors (Lipinski definition) is 5. The zero-order valence-corrected chi connectivity index (χ0v) is 14.1. The minimum absolute atomic E-state index is 0.139. The number of fused-ring (bicyclic) bond motifs is 1. The second kappa shape index (κ2) is 6.95. The van der Waals surface area contributed by atoms with Gasteiger partial charge >= 0.3 is 6.09 Å². The van der Waals surface area contributed by atoms with Crippen molar-refractivity contribution < 1.29 is 14.3 Å². The van der Waals surface area contributed by atoms with Gasteiger partial charge in [0.15, 0.2) is 5.82 Å². The van der Waals surface area contributed by atoms with E-state index in [2.05, 4.69) is 15.0 Å². The highest BCUT2D eigenvalue weighted by atomic mass is 16.6. The Labute approximate surface area is 150 Å². The van der Waals surface area contributed by atoms with Gasteiger partial charge in [0.2, 0.25) is 5.78 Å². The van der Waals surface area contributed by atoms with E-state index in [-0.39, 0.29) is 24.1 Å². The Morgan fingerprint density at radius 3 is 2.92 bits per heavy atom. The summed E-state index contributed by atoms with van der Waals surface area (Å²) in [4.78, 5) is 37.8. The van der Waals surface area contributed by atoms with Crippen LogP contribution < -0.4 is 0 Å². The summed E-state index contributed by atoms with van der Waals surface area (Å²) in [5.74, 6) is -0.254. The molecule has 1 aromatic carbocycles. The van der Waals surface area contributed by atoms with Gasteiger partial charge in [-0.05, 0) is 18.1 Å². The molecule has 1 unspecified atom stereocenters. The molecular weight excluding hydrogens is 332 g/mol. The van der Waals surface area contributed by atoms with Crippen LogP contribution in [0.2, 0.25) is 0 Å². The van der Waals surface area contributed by atoms with Crippen LogP contribution in [0.15, 0.2) is 48.8 Å². The van der Waals surface area contributed by atoms with Crippen molar-refractivity contribution in [1.29, 1.82) is 0 Å². The molecule has 0 radical (unpaired) electrons. The highest BCUT2D eigenvalue weighted by molar-refractivity contribution is 5.96. The third kappa shape index (κ3) is 3.28. The number of aromatic amines is 1. The van der Waals surface area contributed by atoms with Gasteiger partial charge in [0.05, 0.1) is 0 Å². The van der Waals surface area contributed by atoms with Crippen molar-refractivity contribution in [3.63, 3.8) is 0 Å². The lowest BCUT2D eigenvalue weighted by Gasteiger charge is -2.16. The largest absolute Gasteiger partial charge is 0.445 e. The summed E-state index contributed by atoms with van der Waals surface area (Å²) in [6, 6.07) is 11.4. The summed E-state index contributed by atoms with van der Waals surface area (Å²) >= 11 is 0. The van der Waals surface area contributed by atoms with Crippen LogP contribution in [0.1, 0.15) is 22.6 Å². The lowest BCUT2D eigenvalue weighted by atomic mass is 10.0. The maximum atomic E-state index is 12.6. The molecule has 1 amide bonds. The first kappa shape index (κ1) is 16.3. The lowest BCUT2D eigenvalue weighted by Crippen LogP contribution is -2.30. The van der Waals surface area contributed by atoms with E-state index in [9.17, 15) is 9.59 Å². The Morgan fingerprint density at radius 2 is 2.08 bits per heavy atom. The Bertz CT molecular complexity index is 938. The number of benzene rings is 1. The molecule has 0 aliphatic carbocycles. The number of H-pyrrole nitrogens is 1. The Kier molecular flexibility index (Phi) is 4.35. The van der Waals surface area contributed by atoms with Gasteiger partial charge in [-0.3, -0.25) is 4.79 Å². The van der Waals surface area contributed by atoms with Crippen molar-refractivity contribution in [2.75, 3.05) is 13.1 Å². The topological polar surface area (TPSA) is 88.2 Å². The number of carbonyl (C=O) groups is 2. The van der Waals surface area contributed by atoms with Gasteiger partial charge in [-0.15, -0.1) is 0 Å². The van der Waals surface area contributed by atoms with E-state index in [1.54, 1.807) is 17.3 Å². The van der Waals surface area contributed by atoms with E-state index in [4.69, 9.17) is 4.74 Å². The Morgan fingerprint density at radius 1 is 1.23 bits per heavy atom. The van der Waals surface area contributed by atoms with Gasteiger partial charge in [0, 0.05) is 36.8 Å². The molecule has 1 fully saturated rings. The molecule has 4 rings (SSSR count). The fourth-order valence-corrected chi connectivity index (χ4v) is 3.09. The summed E-state index contributed by atoms with van der Waals surface area (Å²) in [5.41, 5.74) is 1.57. The summed E-state index contributed by atoms with van der Waals surface area (Å²) in [6.07, 6.45) is 3.58. The molecule has 0 saturated carbocycles. The number of rotatable bonds is 4. The smallest absolute Gasteiger partial charge is 0.410 e. The number of Topliss-reactive ketones (excluding diaryl/α,β-unsaturated/α-hetero) is 1. The van der Waals surface area contributed by atoms with Gasteiger partial charge < -0.3 is 14.6 Å². The minimum atomic E-state index is -0.398. The van der Waals surface area contributed by atoms with Crippen molar-refractivity contribution >= 4 is 22.9 Å². The number of ketones is 1. The van der Waals surface area contributed by atoms with Gasteiger partial charge in [0.1, 0.15) is 12.3 Å². The van der Waals surface area contributed by atoms with Crippen LogP contribution >= 0.6 is 0 Å². The van der Waals surface area contributed by atoms with E-state index in [0.717, 1.165) is 10.9 Å². The molecule has 26 heavy (non-hydrogen) atoms. The van der Waals surface area contributed by atoms with Gasteiger partial charge in [0.25, 0.3) is 0 Å². The van der Waals surface area contributed by atoms with Crippen molar-refractivity contribution in [2.45, 2.75) is 13.0 Å². The van der Waals surface area contributed by atoms with E-state index in [1.165, 1.54) is 0 Å². The van der Waals surface area contributed by atoms with Crippen molar-refractivity contribution in [3.05, 3.63) is 60.2 Å². The van der Waals surface area contributed by atoms with Crippen LogP contribution in [0.4, 0.5) is 4.79 Å². The van der Waals surface area contributed by atoms with Crippen LogP contribution in [-0.2, 0) is 11.3 Å². The molecule has 7 nitrogen and oxygen atoms in total.